The van der Waals surface area contributed by atoms with Crippen molar-refractivity contribution in [3.63, 3.8) is 0 Å². The molecule has 4 heteroatoms. The lowest BCUT2D eigenvalue weighted by Gasteiger charge is -2.31. The van der Waals surface area contributed by atoms with Gasteiger partial charge in [-0.1, -0.05) is 79.7 Å². The number of anilines is 1. The predicted octanol–water partition coefficient (Wildman–Crippen LogP) is 5.63. The standard InChI is InChI=1S/C26H28N2OS/c1-20-17-18-28(23-15-9-10-16-24(23)30-20)25(29)19-27(2)26(21-11-5-3-6-12-21)22-13-7-4-8-14-22/h3-16,20,26H,17-19H2,1-2H3. The molecule has 0 radical (unpaired) electrons. The number of benzene rings is 3. The number of thioether (sulfide) groups is 1. The summed E-state index contributed by atoms with van der Waals surface area (Å²) in [5.74, 6) is 0.150. The molecule has 0 aliphatic carbocycles. The van der Waals surface area contributed by atoms with E-state index in [1.807, 2.05) is 41.9 Å². The SMILES string of the molecule is CC1CCN(C(=O)CN(C)C(c2ccccc2)c2ccccc2)c2ccccc2S1. The molecular formula is C26H28N2OS. The molecular weight excluding hydrogens is 388 g/mol. The summed E-state index contributed by atoms with van der Waals surface area (Å²) in [6, 6.07) is 29.2. The monoisotopic (exact) mass is 416 g/mol. The van der Waals surface area contributed by atoms with E-state index in [9.17, 15) is 4.79 Å². The third-order valence-corrected chi connectivity index (χ3v) is 6.84. The summed E-state index contributed by atoms with van der Waals surface area (Å²) in [4.78, 5) is 18.8. The Kier molecular flexibility index (Phi) is 6.56. The minimum atomic E-state index is 0.0341. The van der Waals surface area contributed by atoms with Crippen LogP contribution in [0.5, 0.6) is 0 Å². The molecule has 3 aromatic rings. The largest absolute Gasteiger partial charge is 0.310 e. The number of rotatable bonds is 5. The van der Waals surface area contributed by atoms with Gasteiger partial charge in [0.05, 0.1) is 18.3 Å². The molecule has 0 bridgehead atoms. The fourth-order valence-electron chi connectivity index (χ4n) is 4.11. The Morgan fingerprint density at radius 1 is 0.967 bits per heavy atom. The number of hydrogen-bond donors (Lipinski definition) is 0. The summed E-state index contributed by atoms with van der Waals surface area (Å²) in [6.07, 6.45) is 0.996. The maximum atomic E-state index is 13.5. The fraction of sp³-hybridized carbons (Fsp3) is 0.269. The Bertz CT molecular complexity index is 937. The highest BCUT2D eigenvalue weighted by Gasteiger charge is 2.27. The smallest absolute Gasteiger partial charge is 0.241 e. The van der Waals surface area contributed by atoms with Gasteiger partial charge in [0.15, 0.2) is 0 Å². The molecule has 1 heterocycles. The highest BCUT2D eigenvalue weighted by atomic mass is 32.2. The van der Waals surface area contributed by atoms with Crippen molar-refractivity contribution in [2.75, 3.05) is 25.0 Å². The molecule has 0 N–H and O–H groups in total. The van der Waals surface area contributed by atoms with E-state index in [1.165, 1.54) is 16.0 Å². The van der Waals surface area contributed by atoms with Crippen LogP contribution in [0.1, 0.15) is 30.5 Å². The molecule has 30 heavy (non-hydrogen) atoms. The van der Waals surface area contributed by atoms with Crippen molar-refractivity contribution >= 4 is 23.4 Å². The van der Waals surface area contributed by atoms with E-state index in [2.05, 4.69) is 78.6 Å². The molecule has 3 aromatic carbocycles. The van der Waals surface area contributed by atoms with E-state index in [0.717, 1.165) is 18.7 Å². The van der Waals surface area contributed by atoms with Crippen LogP contribution in [0.15, 0.2) is 89.8 Å². The molecule has 0 saturated carbocycles. The fourth-order valence-corrected chi connectivity index (χ4v) is 5.22. The maximum Gasteiger partial charge on any atom is 0.241 e. The minimum Gasteiger partial charge on any atom is -0.310 e. The van der Waals surface area contributed by atoms with Gasteiger partial charge in [0.1, 0.15) is 0 Å². The Labute approximate surface area is 183 Å². The van der Waals surface area contributed by atoms with Crippen molar-refractivity contribution in [2.24, 2.45) is 0 Å². The van der Waals surface area contributed by atoms with Crippen molar-refractivity contribution in [3.05, 3.63) is 96.1 Å². The van der Waals surface area contributed by atoms with Gasteiger partial charge in [-0.15, -0.1) is 11.8 Å². The van der Waals surface area contributed by atoms with Crippen molar-refractivity contribution < 1.29 is 4.79 Å². The molecule has 3 nitrogen and oxygen atoms in total. The number of hydrogen-bond acceptors (Lipinski definition) is 3. The highest BCUT2D eigenvalue weighted by Crippen LogP contribution is 2.37. The van der Waals surface area contributed by atoms with Crippen LogP contribution >= 0.6 is 11.8 Å². The number of carbonyl (C=O) groups is 1. The molecule has 1 unspecified atom stereocenters. The van der Waals surface area contributed by atoms with Crippen LogP contribution in [0.25, 0.3) is 0 Å². The Morgan fingerprint density at radius 2 is 1.53 bits per heavy atom. The second-order valence-electron chi connectivity index (χ2n) is 7.87. The highest BCUT2D eigenvalue weighted by molar-refractivity contribution is 8.00. The van der Waals surface area contributed by atoms with E-state index in [0.29, 0.717) is 11.8 Å². The van der Waals surface area contributed by atoms with Gasteiger partial charge >= 0.3 is 0 Å². The van der Waals surface area contributed by atoms with Crippen molar-refractivity contribution in [2.45, 2.75) is 29.5 Å². The lowest BCUT2D eigenvalue weighted by molar-refractivity contribution is -0.119. The first-order valence-corrected chi connectivity index (χ1v) is 11.4. The van der Waals surface area contributed by atoms with Gasteiger partial charge in [-0.2, -0.15) is 0 Å². The van der Waals surface area contributed by atoms with E-state index >= 15 is 0 Å². The molecule has 0 fully saturated rings. The maximum absolute atomic E-state index is 13.5. The number of fused-ring (bicyclic) bond motifs is 1. The van der Waals surface area contributed by atoms with Crippen LogP contribution in [0, 0.1) is 0 Å². The molecule has 154 valence electrons. The normalized spacial score (nSPS) is 16.4. The summed E-state index contributed by atoms with van der Waals surface area (Å²) in [5.41, 5.74) is 3.43. The van der Waals surface area contributed by atoms with Crippen LogP contribution < -0.4 is 4.90 Å². The topological polar surface area (TPSA) is 23.6 Å². The summed E-state index contributed by atoms with van der Waals surface area (Å²) in [5, 5.41) is 0.503. The van der Waals surface area contributed by atoms with E-state index in [4.69, 9.17) is 0 Å². The zero-order valence-electron chi connectivity index (χ0n) is 17.6. The Morgan fingerprint density at radius 3 is 2.17 bits per heavy atom. The number of likely N-dealkylation sites (N-methyl/N-ethyl adjacent to an activating group) is 1. The molecule has 1 aliphatic heterocycles. The van der Waals surface area contributed by atoms with Crippen LogP contribution in [0.4, 0.5) is 5.69 Å². The van der Waals surface area contributed by atoms with Gasteiger partial charge in [0.2, 0.25) is 5.91 Å². The van der Waals surface area contributed by atoms with Gasteiger partial charge in [0, 0.05) is 16.7 Å². The van der Waals surface area contributed by atoms with Gasteiger partial charge in [0.25, 0.3) is 0 Å². The average Bonchev–Trinajstić information content (AvgIpc) is 2.93. The molecule has 0 aromatic heterocycles. The first-order valence-electron chi connectivity index (χ1n) is 10.5. The molecule has 1 aliphatic rings. The van der Waals surface area contributed by atoms with Gasteiger partial charge in [-0.05, 0) is 36.7 Å². The van der Waals surface area contributed by atoms with E-state index in [-0.39, 0.29) is 11.9 Å². The van der Waals surface area contributed by atoms with Crippen molar-refractivity contribution in [3.8, 4) is 0 Å². The zero-order chi connectivity index (χ0) is 20.9. The summed E-state index contributed by atoms with van der Waals surface area (Å²) < 4.78 is 0. The van der Waals surface area contributed by atoms with Crippen molar-refractivity contribution in [1.29, 1.82) is 0 Å². The average molecular weight is 417 g/mol. The molecule has 0 saturated heterocycles. The Hall–Kier alpha value is -2.56. The number of carbonyl (C=O) groups excluding carboxylic acids is 1. The Balaban J connectivity index is 1.60. The number of nitrogens with zero attached hydrogens (tertiary/aromatic N) is 2. The van der Waals surface area contributed by atoms with Crippen LogP contribution in [-0.4, -0.2) is 36.2 Å². The first kappa shape index (κ1) is 20.7. The predicted molar refractivity (Wildman–Crippen MR) is 126 cm³/mol. The summed E-state index contributed by atoms with van der Waals surface area (Å²) >= 11 is 1.87. The first-order chi connectivity index (χ1) is 14.6. The van der Waals surface area contributed by atoms with E-state index in [1.54, 1.807) is 0 Å². The van der Waals surface area contributed by atoms with Crippen LogP contribution in [0.3, 0.4) is 0 Å². The molecule has 0 spiro atoms. The lowest BCUT2D eigenvalue weighted by Crippen LogP contribution is -2.41. The lowest BCUT2D eigenvalue weighted by atomic mass is 9.97. The summed E-state index contributed by atoms with van der Waals surface area (Å²) in [7, 11) is 2.05. The zero-order valence-corrected chi connectivity index (χ0v) is 18.4. The number of amides is 1. The minimum absolute atomic E-state index is 0.0341. The third-order valence-electron chi connectivity index (χ3n) is 5.60. The third kappa shape index (κ3) is 4.61. The van der Waals surface area contributed by atoms with Crippen LogP contribution in [0.2, 0.25) is 0 Å². The van der Waals surface area contributed by atoms with Gasteiger partial charge in [-0.3, -0.25) is 9.69 Å². The summed E-state index contributed by atoms with van der Waals surface area (Å²) in [6.45, 7) is 3.36. The molecule has 1 amide bonds. The molecule has 1 atom stereocenters. The second kappa shape index (κ2) is 9.50. The van der Waals surface area contributed by atoms with Gasteiger partial charge in [-0.25, -0.2) is 0 Å². The van der Waals surface area contributed by atoms with Crippen LogP contribution in [-0.2, 0) is 4.79 Å². The quantitative estimate of drug-likeness (QED) is 0.539. The molecule has 4 rings (SSSR count). The number of para-hydroxylation sites is 1. The van der Waals surface area contributed by atoms with Gasteiger partial charge < -0.3 is 4.90 Å². The second-order valence-corrected chi connectivity index (χ2v) is 9.35. The van der Waals surface area contributed by atoms with Crippen molar-refractivity contribution in [1.82, 2.24) is 4.90 Å². The van der Waals surface area contributed by atoms with E-state index < -0.39 is 0 Å².